The number of halogens is 1. The molecule has 3 heteroatoms. The van der Waals surface area contributed by atoms with Crippen LogP contribution in [0.4, 0.5) is 4.39 Å². The lowest BCUT2D eigenvalue weighted by molar-refractivity contribution is 0.281. The highest BCUT2D eigenvalue weighted by atomic mass is 19.1. The third-order valence-electron chi connectivity index (χ3n) is 2.00. The molecule has 0 atom stereocenters. The Morgan fingerprint density at radius 1 is 1.50 bits per heavy atom. The van der Waals surface area contributed by atoms with Gasteiger partial charge in [-0.15, -0.1) is 0 Å². The minimum absolute atomic E-state index is 0.217. The van der Waals surface area contributed by atoms with E-state index in [2.05, 4.69) is 0 Å². The first-order valence-electron chi connectivity index (χ1n) is 4.57. The van der Waals surface area contributed by atoms with Gasteiger partial charge in [-0.3, -0.25) is 0 Å². The Morgan fingerprint density at radius 2 is 2.36 bits per heavy atom. The fraction of sp³-hybridized carbons (Fsp3) is 0.273. The number of fused-ring (bicyclic) bond motifs is 1. The van der Waals surface area contributed by atoms with Crippen LogP contribution >= 0.6 is 0 Å². The number of hydrogen-bond donors (Lipinski definition) is 0. The van der Waals surface area contributed by atoms with Gasteiger partial charge >= 0.3 is 0 Å². The summed E-state index contributed by atoms with van der Waals surface area (Å²) in [6, 6.07) is 3.08. The van der Waals surface area contributed by atoms with Crippen molar-refractivity contribution in [3.8, 4) is 11.5 Å². The Balaban J connectivity index is 2.50. The predicted molar refractivity (Wildman–Crippen MR) is 52.1 cm³/mol. The number of ether oxygens (including phenoxy) is 2. The van der Waals surface area contributed by atoms with Gasteiger partial charge in [-0.05, 0) is 25.1 Å². The quantitative estimate of drug-likeness (QED) is 0.720. The second-order valence-electron chi connectivity index (χ2n) is 2.94. The van der Waals surface area contributed by atoms with Crippen LogP contribution in [0.1, 0.15) is 12.5 Å². The van der Waals surface area contributed by atoms with E-state index in [9.17, 15) is 4.39 Å². The van der Waals surface area contributed by atoms with Gasteiger partial charge in [-0.2, -0.15) is 0 Å². The maximum atomic E-state index is 13.3. The van der Waals surface area contributed by atoms with E-state index in [0.29, 0.717) is 19.0 Å². The van der Waals surface area contributed by atoms with Crippen LogP contribution < -0.4 is 9.47 Å². The van der Waals surface area contributed by atoms with Gasteiger partial charge in [0.25, 0.3) is 0 Å². The van der Waals surface area contributed by atoms with Gasteiger partial charge in [0.05, 0.1) is 6.61 Å². The molecule has 1 heterocycles. The van der Waals surface area contributed by atoms with Crippen molar-refractivity contribution >= 4 is 6.08 Å². The molecule has 14 heavy (non-hydrogen) atoms. The molecule has 1 aromatic rings. The van der Waals surface area contributed by atoms with Crippen molar-refractivity contribution in [2.45, 2.75) is 6.92 Å². The molecule has 0 N–H and O–H groups in total. The molecule has 1 aliphatic rings. The Kier molecular flexibility index (Phi) is 2.39. The molecule has 2 nitrogen and oxygen atoms in total. The standard InChI is InChI=1S/C11H11FO2/c1-2-13-11-9(12)6-5-8-4-3-7-14-10(8)11/h3-6H,2,7H2,1H3. The van der Waals surface area contributed by atoms with Crippen molar-refractivity contribution in [2.75, 3.05) is 13.2 Å². The van der Waals surface area contributed by atoms with Crippen molar-refractivity contribution in [1.82, 2.24) is 0 Å². The van der Waals surface area contributed by atoms with Crippen LogP contribution in [0, 0.1) is 5.82 Å². The highest BCUT2D eigenvalue weighted by molar-refractivity contribution is 5.64. The Labute approximate surface area is 82.0 Å². The summed E-state index contributed by atoms with van der Waals surface area (Å²) in [6.45, 7) is 2.72. The van der Waals surface area contributed by atoms with Crippen molar-refractivity contribution < 1.29 is 13.9 Å². The van der Waals surface area contributed by atoms with E-state index in [0.717, 1.165) is 5.56 Å². The monoisotopic (exact) mass is 194 g/mol. The lowest BCUT2D eigenvalue weighted by Gasteiger charge is -2.16. The van der Waals surface area contributed by atoms with Crippen LogP contribution in [-0.4, -0.2) is 13.2 Å². The first-order chi connectivity index (χ1) is 6.83. The largest absolute Gasteiger partial charge is 0.487 e. The van der Waals surface area contributed by atoms with E-state index in [1.54, 1.807) is 6.07 Å². The molecule has 0 spiro atoms. The van der Waals surface area contributed by atoms with Gasteiger partial charge in [0.1, 0.15) is 6.61 Å². The zero-order valence-corrected chi connectivity index (χ0v) is 7.92. The lowest BCUT2D eigenvalue weighted by Crippen LogP contribution is -2.05. The summed E-state index contributed by atoms with van der Waals surface area (Å²) in [6.07, 6.45) is 3.79. The van der Waals surface area contributed by atoms with Crippen LogP contribution in [0.3, 0.4) is 0 Å². The molecule has 0 radical (unpaired) electrons. The highest BCUT2D eigenvalue weighted by Gasteiger charge is 2.16. The molecular formula is C11H11FO2. The molecule has 0 amide bonds. The van der Waals surface area contributed by atoms with E-state index in [1.807, 2.05) is 19.1 Å². The fourth-order valence-electron chi connectivity index (χ4n) is 1.42. The zero-order chi connectivity index (χ0) is 9.97. The molecule has 0 bridgehead atoms. The summed E-state index contributed by atoms with van der Waals surface area (Å²) < 4.78 is 23.9. The van der Waals surface area contributed by atoms with Crippen molar-refractivity contribution in [2.24, 2.45) is 0 Å². The van der Waals surface area contributed by atoms with Gasteiger partial charge in [0.2, 0.25) is 0 Å². The van der Waals surface area contributed by atoms with E-state index in [4.69, 9.17) is 9.47 Å². The summed E-state index contributed by atoms with van der Waals surface area (Å²) in [5.74, 6) is 0.351. The summed E-state index contributed by atoms with van der Waals surface area (Å²) >= 11 is 0. The summed E-state index contributed by atoms with van der Waals surface area (Å²) in [5.41, 5.74) is 0.862. The highest BCUT2D eigenvalue weighted by Crippen LogP contribution is 2.36. The second-order valence-corrected chi connectivity index (χ2v) is 2.94. The van der Waals surface area contributed by atoms with Crippen molar-refractivity contribution in [3.05, 3.63) is 29.6 Å². The smallest absolute Gasteiger partial charge is 0.197 e. The molecule has 74 valence electrons. The van der Waals surface area contributed by atoms with Crippen LogP contribution in [0.25, 0.3) is 6.08 Å². The fourth-order valence-corrected chi connectivity index (χ4v) is 1.42. The van der Waals surface area contributed by atoms with Crippen molar-refractivity contribution in [3.63, 3.8) is 0 Å². The van der Waals surface area contributed by atoms with Gasteiger partial charge < -0.3 is 9.47 Å². The molecule has 1 aliphatic heterocycles. The molecular weight excluding hydrogens is 183 g/mol. The van der Waals surface area contributed by atoms with Crippen molar-refractivity contribution in [1.29, 1.82) is 0 Å². The second kappa shape index (κ2) is 3.70. The number of hydrogen-bond acceptors (Lipinski definition) is 2. The minimum atomic E-state index is -0.374. The van der Waals surface area contributed by atoms with Gasteiger partial charge in [0.15, 0.2) is 17.3 Å². The van der Waals surface area contributed by atoms with Crippen LogP contribution in [0.2, 0.25) is 0 Å². The summed E-state index contributed by atoms with van der Waals surface area (Å²) in [4.78, 5) is 0. The molecule has 2 rings (SSSR count). The average Bonchev–Trinajstić information content (AvgIpc) is 2.23. The lowest BCUT2D eigenvalue weighted by atomic mass is 10.1. The SMILES string of the molecule is CCOc1c(F)ccc2c1OCC=C2. The molecule has 0 aromatic heterocycles. The third-order valence-corrected chi connectivity index (χ3v) is 2.00. The molecule has 1 aromatic carbocycles. The first-order valence-corrected chi connectivity index (χ1v) is 4.57. The Bertz CT molecular complexity index is 372. The molecule has 0 saturated carbocycles. The Morgan fingerprint density at radius 3 is 3.14 bits per heavy atom. The third kappa shape index (κ3) is 1.45. The number of benzene rings is 1. The van der Waals surface area contributed by atoms with Crippen LogP contribution in [-0.2, 0) is 0 Å². The zero-order valence-electron chi connectivity index (χ0n) is 7.92. The number of rotatable bonds is 2. The van der Waals surface area contributed by atoms with Gasteiger partial charge in [-0.1, -0.05) is 6.08 Å². The predicted octanol–water partition coefficient (Wildman–Crippen LogP) is 2.63. The van der Waals surface area contributed by atoms with E-state index >= 15 is 0 Å². The van der Waals surface area contributed by atoms with Gasteiger partial charge in [0, 0.05) is 5.56 Å². The Hall–Kier alpha value is -1.51. The molecule has 0 unspecified atom stereocenters. The van der Waals surface area contributed by atoms with E-state index in [1.165, 1.54) is 6.07 Å². The topological polar surface area (TPSA) is 18.5 Å². The van der Waals surface area contributed by atoms with E-state index < -0.39 is 0 Å². The van der Waals surface area contributed by atoms with Gasteiger partial charge in [-0.25, -0.2) is 4.39 Å². The first kappa shape index (κ1) is 9.06. The minimum Gasteiger partial charge on any atom is -0.487 e. The molecule has 0 aliphatic carbocycles. The van der Waals surface area contributed by atoms with Crippen LogP contribution in [0.5, 0.6) is 11.5 Å². The molecule has 0 fully saturated rings. The summed E-state index contributed by atoms with van der Waals surface area (Å²) in [5, 5.41) is 0. The maximum Gasteiger partial charge on any atom is 0.197 e. The van der Waals surface area contributed by atoms with Crippen LogP contribution in [0.15, 0.2) is 18.2 Å². The normalized spacial score (nSPS) is 13.3. The summed E-state index contributed by atoms with van der Waals surface area (Å²) in [7, 11) is 0. The molecule has 0 saturated heterocycles. The average molecular weight is 194 g/mol. The maximum absolute atomic E-state index is 13.3. The van der Waals surface area contributed by atoms with E-state index in [-0.39, 0.29) is 11.6 Å².